The van der Waals surface area contributed by atoms with Gasteiger partial charge in [0.05, 0.1) is 20.1 Å². The van der Waals surface area contributed by atoms with E-state index >= 15 is 0 Å². The van der Waals surface area contributed by atoms with E-state index in [1.807, 2.05) is 0 Å². The third-order valence-corrected chi connectivity index (χ3v) is 5.28. The van der Waals surface area contributed by atoms with Gasteiger partial charge in [-0.3, -0.25) is 4.79 Å². The van der Waals surface area contributed by atoms with Crippen molar-refractivity contribution in [2.45, 2.75) is 24.9 Å². The number of benzene rings is 2. The molecule has 0 saturated carbocycles. The Labute approximate surface area is 154 Å². The third-order valence-electron chi connectivity index (χ3n) is 5.28. The molecule has 3 atom stereocenters. The highest BCUT2D eigenvalue weighted by molar-refractivity contribution is 5.98. The molecule has 5 rings (SSSR count). The molecule has 0 bridgehead atoms. The summed E-state index contributed by atoms with van der Waals surface area (Å²) in [5, 5.41) is 0.761. The number of hydrogen-bond donors (Lipinski definition) is 0. The van der Waals surface area contributed by atoms with Gasteiger partial charge >= 0.3 is 0 Å². The third kappa shape index (κ3) is 2.18. The minimum absolute atomic E-state index is 0.0791. The Bertz CT molecular complexity index is 1120. The summed E-state index contributed by atoms with van der Waals surface area (Å²) in [6.45, 7) is 0. The lowest BCUT2D eigenvalue weighted by atomic mass is 9.95. The summed E-state index contributed by atoms with van der Waals surface area (Å²) in [5.41, 5.74) is 1.53. The van der Waals surface area contributed by atoms with Crippen LogP contribution in [0.15, 0.2) is 33.5 Å². The number of hydrogen-bond acceptors (Lipinski definition) is 7. The molecule has 140 valence electrons. The van der Waals surface area contributed by atoms with Crippen LogP contribution in [0.1, 0.15) is 17.9 Å². The highest BCUT2D eigenvalue weighted by atomic mass is 16.8. The Hall–Kier alpha value is -2.77. The Morgan fingerprint density at radius 2 is 1.89 bits per heavy atom. The Morgan fingerprint density at radius 1 is 1.07 bits per heavy atom. The standard InChI is InChI=1S/C20H18O7/c1-22-10-5-4-6-11-16(10)18(21)17-12(23-2)8-13-15(19(17)25-11)9-7-14(24-3)27-20(9)26-13/h4-6,8-9,14,20H,7H2,1-3H3/t9-,14-,20-/m0/s1. The molecule has 0 aliphatic carbocycles. The first-order valence-corrected chi connectivity index (χ1v) is 8.65. The van der Waals surface area contributed by atoms with Crippen molar-refractivity contribution in [1.29, 1.82) is 0 Å². The number of rotatable bonds is 3. The second-order valence-corrected chi connectivity index (χ2v) is 6.59. The molecule has 1 fully saturated rings. The van der Waals surface area contributed by atoms with Crippen LogP contribution in [0.5, 0.6) is 17.2 Å². The van der Waals surface area contributed by atoms with Gasteiger partial charge in [-0.2, -0.15) is 0 Å². The average molecular weight is 370 g/mol. The SMILES string of the molecule is COc1cccc2oc3c4c(cc(OC)c3c(=O)c12)O[C@H]1O[C@H](OC)C[C@@H]41. The van der Waals surface area contributed by atoms with Gasteiger partial charge in [0.15, 0.2) is 6.29 Å². The van der Waals surface area contributed by atoms with Crippen molar-refractivity contribution in [2.24, 2.45) is 0 Å². The maximum absolute atomic E-state index is 13.3. The summed E-state index contributed by atoms with van der Waals surface area (Å²) in [6.07, 6.45) is -0.195. The highest BCUT2D eigenvalue weighted by Gasteiger charge is 2.46. The van der Waals surface area contributed by atoms with Gasteiger partial charge in [0.25, 0.3) is 0 Å². The minimum Gasteiger partial charge on any atom is -0.496 e. The van der Waals surface area contributed by atoms with Crippen molar-refractivity contribution in [3.8, 4) is 17.2 Å². The molecule has 3 heterocycles. The van der Waals surface area contributed by atoms with Crippen molar-refractivity contribution in [3.63, 3.8) is 0 Å². The molecule has 2 aliphatic heterocycles. The van der Waals surface area contributed by atoms with E-state index in [0.717, 1.165) is 5.56 Å². The van der Waals surface area contributed by atoms with Crippen LogP contribution in [0, 0.1) is 0 Å². The summed E-state index contributed by atoms with van der Waals surface area (Å²) >= 11 is 0. The second kappa shape index (κ2) is 5.87. The molecule has 0 spiro atoms. The van der Waals surface area contributed by atoms with E-state index < -0.39 is 6.29 Å². The molecule has 0 radical (unpaired) electrons. The van der Waals surface area contributed by atoms with Crippen LogP contribution in [-0.2, 0) is 9.47 Å². The smallest absolute Gasteiger partial charge is 0.209 e. The van der Waals surface area contributed by atoms with Gasteiger partial charge in [-0.05, 0) is 12.1 Å². The highest BCUT2D eigenvalue weighted by Crippen LogP contribution is 2.51. The molecule has 1 aromatic heterocycles. The largest absolute Gasteiger partial charge is 0.496 e. The predicted molar refractivity (Wildman–Crippen MR) is 96.8 cm³/mol. The van der Waals surface area contributed by atoms with E-state index in [4.69, 9.17) is 28.1 Å². The van der Waals surface area contributed by atoms with Crippen LogP contribution in [-0.4, -0.2) is 33.9 Å². The molecule has 0 amide bonds. The van der Waals surface area contributed by atoms with Crippen molar-refractivity contribution in [1.82, 2.24) is 0 Å². The van der Waals surface area contributed by atoms with Gasteiger partial charge in [0.1, 0.15) is 39.2 Å². The van der Waals surface area contributed by atoms with Crippen molar-refractivity contribution >= 4 is 21.9 Å². The summed E-state index contributed by atoms with van der Waals surface area (Å²) in [7, 11) is 4.64. The summed E-state index contributed by atoms with van der Waals surface area (Å²) < 4.78 is 34.0. The quantitative estimate of drug-likeness (QED) is 0.656. The van der Waals surface area contributed by atoms with E-state index in [-0.39, 0.29) is 17.6 Å². The fourth-order valence-corrected chi connectivity index (χ4v) is 4.04. The summed E-state index contributed by atoms with van der Waals surface area (Å²) in [5.74, 6) is 1.39. The lowest BCUT2D eigenvalue weighted by molar-refractivity contribution is -0.162. The molecule has 7 heteroatoms. The van der Waals surface area contributed by atoms with Crippen molar-refractivity contribution in [3.05, 3.63) is 40.1 Å². The fraction of sp³-hybridized carbons (Fsp3) is 0.350. The molecule has 0 N–H and O–H groups in total. The summed E-state index contributed by atoms with van der Waals surface area (Å²) in [4.78, 5) is 13.3. The Balaban J connectivity index is 1.87. The Morgan fingerprint density at radius 3 is 2.63 bits per heavy atom. The molecule has 2 aromatic carbocycles. The minimum atomic E-state index is -0.466. The first-order chi connectivity index (χ1) is 13.2. The molecule has 0 unspecified atom stereocenters. The monoisotopic (exact) mass is 370 g/mol. The maximum atomic E-state index is 13.3. The lowest BCUT2D eigenvalue weighted by Crippen LogP contribution is -2.17. The summed E-state index contributed by atoms with van der Waals surface area (Å²) in [6, 6.07) is 6.99. The first kappa shape index (κ1) is 16.4. The van der Waals surface area contributed by atoms with Crippen LogP contribution >= 0.6 is 0 Å². The Kier molecular flexibility index (Phi) is 3.57. The lowest BCUT2D eigenvalue weighted by Gasteiger charge is -2.14. The zero-order chi connectivity index (χ0) is 18.7. The average Bonchev–Trinajstić information content (AvgIpc) is 3.23. The van der Waals surface area contributed by atoms with Gasteiger partial charge in [0.2, 0.25) is 11.7 Å². The van der Waals surface area contributed by atoms with Gasteiger partial charge in [-0.1, -0.05) is 6.07 Å². The van der Waals surface area contributed by atoms with Crippen LogP contribution in [0.3, 0.4) is 0 Å². The zero-order valence-corrected chi connectivity index (χ0v) is 15.1. The van der Waals surface area contributed by atoms with E-state index in [1.54, 1.807) is 31.4 Å². The van der Waals surface area contributed by atoms with Crippen LogP contribution in [0.2, 0.25) is 0 Å². The maximum Gasteiger partial charge on any atom is 0.209 e. The number of ether oxygens (including phenoxy) is 5. The van der Waals surface area contributed by atoms with Gasteiger partial charge in [-0.15, -0.1) is 0 Å². The molecule has 27 heavy (non-hydrogen) atoms. The van der Waals surface area contributed by atoms with Crippen molar-refractivity contribution < 1.29 is 28.1 Å². The van der Waals surface area contributed by atoms with Gasteiger partial charge < -0.3 is 28.1 Å². The normalized spacial score (nSPS) is 23.3. The van der Waals surface area contributed by atoms with Gasteiger partial charge in [-0.25, -0.2) is 0 Å². The van der Waals surface area contributed by atoms with Gasteiger partial charge in [0, 0.05) is 25.2 Å². The number of fused-ring (bicyclic) bond motifs is 6. The predicted octanol–water partition coefficient (Wildman–Crippen LogP) is 3.16. The molecule has 1 saturated heterocycles. The topological polar surface area (TPSA) is 76.4 Å². The molecular weight excluding hydrogens is 352 g/mol. The molecular formula is C20H18O7. The zero-order valence-electron chi connectivity index (χ0n) is 15.1. The van der Waals surface area contributed by atoms with Crippen molar-refractivity contribution in [2.75, 3.05) is 21.3 Å². The van der Waals surface area contributed by atoms with E-state index in [1.165, 1.54) is 14.2 Å². The van der Waals surface area contributed by atoms with Crippen LogP contribution in [0.4, 0.5) is 0 Å². The first-order valence-electron chi connectivity index (χ1n) is 8.65. The molecule has 2 aliphatic rings. The van der Waals surface area contributed by atoms with E-state index in [2.05, 4.69) is 0 Å². The van der Waals surface area contributed by atoms with E-state index in [9.17, 15) is 4.79 Å². The number of methoxy groups -OCH3 is 3. The second-order valence-electron chi connectivity index (χ2n) is 6.59. The fourth-order valence-electron chi connectivity index (χ4n) is 4.04. The van der Waals surface area contributed by atoms with Crippen LogP contribution < -0.4 is 19.6 Å². The molecule has 7 nitrogen and oxygen atoms in total. The van der Waals surface area contributed by atoms with Crippen LogP contribution in [0.25, 0.3) is 21.9 Å². The van der Waals surface area contributed by atoms with E-state index in [0.29, 0.717) is 45.6 Å². The molecule has 3 aromatic rings.